The van der Waals surface area contributed by atoms with Crippen LogP contribution in [0.2, 0.25) is 0 Å². The smallest absolute Gasteiger partial charge is 0.322 e. The van der Waals surface area contributed by atoms with Crippen molar-refractivity contribution in [1.82, 2.24) is 0 Å². The normalized spacial score (nSPS) is 11.6. The van der Waals surface area contributed by atoms with E-state index in [1.54, 1.807) is 45.0 Å². The van der Waals surface area contributed by atoms with Gasteiger partial charge in [-0.3, -0.25) is 9.59 Å². The second kappa shape index (κ2) is 10.1. The number of benzene rings is 1. The zero-order valence-electron chi connectivity index (χ0n) is 16.2. The molecule has 0 aliphatic rings. The van der Waals surface area contributed by atoms with Gasteiger partial charge in [0, 0.05) is 5.56 Å². The number of ether oxygens (including phenoxy) is 3. The molecular formula is C19H26O6S2. The van der Waals surface area contributed by atoms with Crippen LogP contribution in [0.3, 0.4) is 0 Å². The van der Waals surface area contributed by atoms with Crippen molar-refractivity contribution in [3.63, 3.8) is 0 Å². The summed E-state index contributed by atoms with van der Waals surface area (Å²) in [5, 5.41) is 9.74. The summed E-state index contributed by atoms with van der Waals surface area (Å²) in [6.45, 7) is 8.86. The lowest BCUT2D eigenvalue weighted by molar-refractivity contribution is -0.145. The molecule has 0 bridgehead atoms. The molecule has 150 valence electrons. The summed E-state index contributed by atoms with van der Waals surface area (Å²) in [6.07, 6.45) is 0. The molecule has 1 N–H and O–H groups in total. The first kappa shape index (κ1) is 23.4. The van der Waals surface area contributed by atoms with Crippen molar-refractivity contribution in [2.24, 2.45) is 0 Å². The lowest BCUT2D eigenvalue weighted by Crippen LogP contribution is -2.31. The van der Waals surface area contributed by atoms with Crippen molar-refractivity contribution in [2.75, 3.05) is 19.8 Å². The van der Waals surface area contributed by atoms with Crippen molar-refractivity contribution in [1.29, 1.82) is 0 Å². The Morgan fingerprint density at radius 2 is 1.67 bits per heavy atom. The van der Waals surface area contributed by atoms with E-state index in [1.165, 1.54) is 13.8 Å². The Morgan fingerprint density at radius 3 is 2.19 bits per heavy atom. The fourth-order valence-corrected chi connectivity index (χ4v) is 3.33. The van der Waals surface area contributed by atoms with Gasteiger partial charge >= 0.3 is 5.97 Å². The lowest BCUT2D eigenvalue weighted by atomic mass is 9.97. The van der Waals surface area contributed by atoms with Crippen LogP contribution in [0.1, 0.15) is 45.0 Å². The second-order valence-electron chi connectivity index (χ2n) is 6.69. The van der Waals surface area contributed by atoms with E-state index in [-0.39, 0.29) is 29.3 Å². The molecule has 1 rings (SSSR count). The highest BCUT2D eigenvalue weighted by atomic mass is 32.2. The van der Waals surface area contributed by atoms with E-state index in [0.29, 0.717) is 17.9 Å². The van der Waals surface area contributed by atoms with Crippen molar-refractivity contribution >= 4 is 40.1 Å². The highest BCUT2D eigenvalue weighted by molar-refractivity contribution is 8.23. The molecule has 0 radical (unpaired) electrons. The van der Waals surface area contributed by atoms with Gasteiger partial charge in [0.15, 0.2) is 5.78 Å². The maximum Gasteiger partial charge on any atom is 0.322 e. The Kier molecular flexibility index (Phi) is 8.71. The lowest BCUT2D eigenvalue weighted by Gasteiger charge is -2.21. The molecule has 8 heteroatoms. The van der Waals surface area contributed by atoms with Crippen LogP contribution in [0.4, 0.5) is 0 Å². The Morgan fingerprint density at radius 1 is 1.07 bits per heavy atom. The van der Waals surface area contributed by atoms with Crippen LogP contribution in [0.15, 0.2) is 24.3 Å². The third kappa shape index (κ3) is 7.86. The molecule has 0 saturated carbocycles. The highest BCUT2D eigenvalue weighted by Crippen LogP contribution is 2.28. The topological polar surface area (TPSA) is 82.1 Å². The number of thioether (sulfide) groups is 1. The summed E-state index contributed by atoms with van der Waals surface area (Å²) < 4.78 is 15.4. The van der Waals surface area contributed by atoms with Crippen LogP contribution in [0.5, 0.6) is 5.75 Å². The summed E-state index contributed by atoms with van der Waals surface area (Å²) >= 11 is 6.25. The van der Waals surface area contributed by atoms with Gasteiger partial charge in [0.05, 0.1) is 6.61 Å². The van der Waals surface area contributed by atoms with Gasteiger partial charge in [-0.2, -0.15) is 0 Å². The van der Waals surface area contributed by atoms with Crippen LogP contribution >= 0.6 is 24.0 Å². The van der Waals surface area contributed by atoms with Gasteiger partial charge in [0.2, 0.25) is 4.38 Å². The molecule has 0 aliphatic carbocycles. The summed E-state index contributed by atoms with van der Waals surface area (Å²) in [4.78, 5) is 23.8. The van der Waals surface area contributed by atoms with Gasteiger partial charge in [-0.15, -0.1) is 0 Å². The van der Waals surface area contributed by atoms with E-state index in [2.05, 4.69) is 0 Å². The minimum Gasteiger partial charge on any atom is -0.490 e. The largest absolute Gasteiger partial charge is 0.490 e. The predicted molar refractivity (Wildman–Crippen MR) is 109 cm³/mol. The molecule has 1 aromatic carbocycles. The number of esters is 1. The molecule has 27 heavy (non-hydrogen) atoms. The molecule has 0 heterocycles. The maximum atomic E-state index is 12.0. The summed E-state index contributed by atoms with van der Waals surface area (Å²) in [5.74, 6) is -0.141. The molecule has 0 atom stereocenters. The number of aliphatic hydroxyl groups is 1. The van der Waals surface area contributed by atoms with Crippen molar-refractivity contribution in [3.05, 3.63) is 29.8 Å². The van der Waals surface area contributed by atoms with E-state index in [0.717, 1.165) is 11.8 Å². The molecule has 0 aromatic heterocycles. The second-order valence-corrected chi connectivity index (χ2v) is 8.92. The number of hydrogen-bond acceptors (Lipinski definition) is 8. The molecule has 0 amide bonds. The van der Waals surface area contributed by atoms with Gasteiger partial charge in [0.25, 0.3) is 0 Å². The van der Waals surface area contributed by atoms with Crippen LogP contribution in [0.25, 0.3) is 0 Å². The molecule has 0 saturated heterocycles. The van der Waals surface area contributed by atoms with E-state index in [4.69, 9.17) is 26.4 Å². The van der Waals surface area contributed by atoms with Gasteiger partial charge in [-0.05, 0) is 71.1 Å². The number of thiocarbonyl (C=S) groups is 1. The van der Waals surface area contributed by atoms with E-state index in [9.17, 15) is 14.7 Å². The molecular weight excluding hydrogens is 388 g/mol. The third-order valence-electron chi connectivity index (χ3n) is 3.35. The fourth-order valence-electron chi connectivity index (χ4n) is 1.92. The molecule has 0 fully saturated rings. The van der Waals surface area contributed by atoms with Gasteiger partial charge in [0.1, 0.15) is 29.3 Å². The Labute approximate surface area is 169 Å². The number of ketones is 1. The minimum atomic E-state index is -1.42. The number of carbonyl (C=O) groups excluding carboxylic acids is 2. The predicted octanol–water partition coefficient (Wildman–Crippen LogP) is 3.40. The first-order chi connectivity index (χ1) is 12.5. The molecule has 0 aliphatic heterocycles. The van der Waals surface area contributed by atoms with E-state index >= 15 is 0 Å². The Balaban J connectivity index is 2.41. The molecule has 0 spiro atoms. The fraction of sp³-hybridized carbons (Fsp3) is 0.526. The molecule has 1 aromatic rings. The maximum absolute atomic E-state index is 12.0. The quantitative estimate of drug-likeness (QED) is 0.285. The zero-order valence-corrected chi connectivity index (χ0v) is 17.9. The highest BCUT2D eigenvalue weighted by Gasteiger charge is 2.32. The zero-order chi connectivity index (χ0) is 20.7. The monoisotopic (exact) mass is 414 g/mol. The van der Waals surface area contributed by atoms with Gasteiger partial charge in [-0.1, -0.05) is 11.8 Å². The minimum absolute atomic E-state index is 0.217. The average molecular weight is 415 g/mol. The van der Waals surface area contributed by atoms with E-state index in [1.807, 2.05) is 0 Å². The summed E-state index contributed by atoms with van der Waals surface area (Å²) in [6, 6.07) is 6.49. The van der Waals surface area contributed by atoms with Gasteiger partial charge < -0.3 is 19.3 Å². The van der Waals surface area contributed by atoms with Crippen LogP contribution in [-0.4, -0.2) is 51.4 Å². The van der Waals surface area contributed by atoms with Crippen LogP contribution in [-0.2, 0) is 14.3 Å². The Hall–Kier alpha value is -1.64. The van der Waals surface area contributed by atoms with Crippen molar-refractivity contribution in [2.45, 2.75) is 45.0 Å². The summed E-state index contributed by atoms with van der Waals surface area (Å²) in [7, 11) is 0. The SMILES string of the molecule is CCOC(=O)C(C)(C)SC(=S)OCCOc1ccc(C(=O)C(C)(C)O)cc1. The van der Waals surface area contributed by atoms with E-state index < -0.39 is 10.3 Å². The number of carbonyl (C=O) groups is 2. The third-order valence-corrected chi connectivity index (χ3v) is 4.68. The van der Waals surface area contributed by atoms with Gasteiger partial charge in [-0.25, -0.2) is 0 Å². The summed E-state index contributed by atoms with van der Waals surface area (Å²) in [5.41, 5.74) is -1.01. The van der Waals surface area contributed by atoms with Crippen LogP contribution in [0, 0.1) is 0 Å². The average Bonchev–Trinajstić information content (AvgIpc) is 2.57. The van der Waals surface area contributed by atoms with Crippen molar-refractivity contribution < 1.29 is 28.9 Å². The van der Waals surface area contributed by atoms with Crippen LogP contribution < -0.4 is 4.74 Å². The molecule has 0 unspecified atom stereocenters. The molecule has 6 nitrogen and oxygen atoms in total. The first-order valence-electron chi connectivity index (χ1n) is 8.50. The number of Topliss-reactive ketones (excluding diaryl/α,β-unsaturated/α-hetero) is 1. The first-order valence-corrected chi connectivity index (χ1v) is 9.73. The number of hydrogen-bond donors (Lipinski definition) is 1. The standard InChI is InChI=1S/C19H26O6S2/c1-6-23-16(21)19(4,5)27-17(26)25-12-11-24-14-9-7-13(8-10-14)15(20)18(2,3)22/h7-10,22H,6,11-12H2,1-5H3. The Bertz CT molecular complexity index is 662. The van der Waals surface area contributed by atoms with Crippen molar-refractivity contribution in [3.8, 4) is 5.75 Å². The number of rotatable bonds is 9.